The van der Waals surface area contributed by atoms with E-state index in [0.717, 1.165) is 0 Å². The normalized spacial score (nSPS) is 20.7. The Kier molecular flexibility index (Phi) is 3.71. The van der Waals surface area contributed by atoms with Gasteiger partial charge in [0.15, 0.2) is 11.7 Å². The topological polar surface area (TPSA) is 73.6 Å². The minimum Gasteiger partial charge on any atom is -0.488 e. The van der Waals surface area contributed by atoms with Crippen LogP contribution in [0.25, 0.3) is 0 Å². The summed E-state index contributed by atoms with van der Waals surface area (Å²) in [7, 11) is 0. The van der Waals surface area contributed by atoms with E-state index in [0.29, 0.717) is 0 Å². The highest BCUT2D eigenvalue weighted by molar-refractivity contribution is 5.76. The molecule has 1 aliphatic rings. The zero-order valence-corrected chi connectivity index (χ0v) is 8.90. The number of nitrogens with zero attached hydrogens (tertiary/aromatic N) is 1. The lowest BCUT2D eigenvalue weighted by Gasteiger charge is -2.17. The Hall–Kier alpha value is -1.52. The van der Waals surface area contributed by atoms with E-state index in [-0.39, 0.29) is 36.1 Å². The molecule has 5 heteroatoms. The highest BCUT2D eigenvalue weighted by Gasteiger charge is 2.17. The maximum absolute atomic E-state index is 13.5. The minimum atomic E-state index is -0.325. The van der Waals surface area contributed by atoms with E-state index in [1.807, 2.05) is 13.8 Å². The van der Waals surface area contributed by atoms with E-state index >= 15 is 0 Å². The van der Waals surface area contributed by atoms with Gasteiger partial charge in [0.1, 0.15) is 5.83 Å². The Morgan fingerprint density at radius 2 is 2.27 bits per heavy atom. The molecule has 0 saturated carbocycles. The molecule has 0 fully saturated rings. The number of rotatable bonds is 3. The summed E-state index contributed by atoms with van der Waals surface area (Å²) in [6.07, 6.45) is 3.39. The largest absolute Gasteiger partial charge is 0.488 e. The van der Waals surface area contributed by atoms with Crippen LogP contribution in [0.2, 0.25) is 0 Å². The number of ether oxygens (including phenoxy) is 1. The molecule has 0 aromatic heterocycles. The van der Waals surface area contributed by atoms with Crippen LogP contribution in [-0.4, -0.2) is 18.1 Å². The zero-order chi connectivity index (χ0) is 11.4. The summed E-state index contributed by atoms with van der Waals surface area (Å²) >= 11 is 0. The summed E-state index contributed by atoms with van der Waals surface area (Å²) in [4.78, 5) is 3.86. The minimum absolute atomic E-state index is 0.0364. The molecule has 1 unspecified atom stereocenters. The first kappa shape index (κ1) is 11.6. The molecule has 0 aliphatic heterocycles. The first-order valence-corrected chi connectivity index (χ1v) is 4.81. The maximum atomic E-state index is 13.5. The van der Waals surface area contributed by atoms with Crippen molar-refractivity contribution >= 4 is 5.96 Å². The van der Waals surface area contributed by atoms with Crippen molar-refractivity contribution < 1.29 is 9.13 Å². The third kappa shape index (κ3) is 3.61. The lowest BCUT2D eigenvalue weighted by molar-refractivity contribution is 0.147. The Bertz CT molecular complexity index is 317. The van der Waals surface area contributed by atoms with Gasteiger partial charge in [0.2, 0.25) is 0 Å². The molecular formula is C10H16FN3O. The van der Waals surface area contributed by atoms with E-state index in [2.05, 4.69) is 4.99 Å². The van der Waals surface area contributed by atoms with E-state index in [9.17, 15) is 4.39 Å². The van der Waals surface area contributed by atoms with Crippen LogP contribution in [-0.2, 0) is 4.74 Å². The van der Waals surface area contributed by atoms with Crippen molar-refractivity contribution in [3.8, 4) is 0 Å². The number of guanidine groups is 1. The van der Waals surface area contributed by atoms with Gasteiger partial charge in [-0.3, -0.25) is 0 Å². The Balaban J connectivity index is 2.67. The number of allylic oxidation sites excluding steroid dienone is 1. The van der Waals surface area contributed by atoms with Gasteiger partial charge in [-0.15, -0.1) is 0 Å². The van der Waals surface area contributed by atoms with Gasteiger partial charge < -0.3 is 16.2 Å². The Morgan fingerprint density at radius 1 is 1.60 bits per heavy atom. The number of hydrogen-bond acceptors (Lipinski definition) is 2. The molecular weight excluding hydrogens is 197 g/mol. The molecule has 15 heavy (non-hydrogen) atoms. The molecule has 0 saturated heterocycles. The van der Waals surface area contributed by atoms with E-state index in [1.165, 1.54) is 0 Å². The molecule has 4 N–H and O–H groups in total. The summed E-state index contributed by atoms with van der Waals surface area (Å²) < 4.78 is 18.7. The van der Waals surface area contributed by atoms with Crippen LogP contribution >= 0.6 is 0 Å². The fourth-order valence-electron chi connectivity index (χ4n) is 1.28. The standard InChI is InChI=1S/C10H16FN3O/c1-6(2)15-9-4-3-7(5-8(9)11)14-10(12)13/h3-4,6-7H,5H2,1-2H3,(H4,12,13,14). The predicted molar refractivity (Wildman–Crippen MR) is 57.7 cm³/mol. The molecule has 1 atom stereocenters. The molecule has 0 heterocycles. The highest BCUT2D eigenvalue weighted by atomic mass is 19.1. The van der Waals surface area contributed by atoms with Crippen molar-refractivity contribution in [2.24, 2.45) is 16.5 Å². The van der Waals surface area contributed by atoms with Crippen LogP contribution in [0.3, 0.4) is 0 Å². The first-order chi connectivity index (χ1) is 6.99. The first-order valence-electron chi connectivity index (χ1n) is 4.81. The van der Waals surface area contributed by atoms with Gasteiger partial charge in [-0.25, -0.2) is 9.38 Å². The summed E-state index contributed by atoms with van der Waals surface area (Å²) in [6, 6.07) is -0.325. The fraction of sp³-hybridized carbons (Fsp3) is 0.500. The monoisotopic (exact) mass is 213 g/mol. The summed E-state index contributed by atoms with van der Waals surface area (Å²) in [5.41, 5.74) is 10.4. The van der Waals surface area contributed by atoms with Gasteiger partial charge in [0, 0.05) is 6.42 Å². The number of halogens is 1. The van der Waals surface area contributed by atoms with Crippen molar-refractivity contribution in [3.05, 3.63) is 23.7 Å². The lowest BCUT2D eigenvalue weighted by Crippen LogP contribution is -2.25. The summed E-state index contributed by atoms with van der Waals surface area (Å²) in [5.74, 6) is -0.0843. The second-order valence-electron chi connectivity index (χ2n) is 3.62. The summed E-state index contributed by atoms with van der Waals surface area (Å²) in [6.45, 7) is 3.69. The van der Waals surface area contributed by atoms with Crippen LogP contribution in [0.4, 0.5) is 4.39 Å². The third-order valence-corrected chi connectivity index (χ3v) is 1.80. The van der Waals surface area contributed by atoms with Gasteiger partial charge in [-0.05, 0) is 19.9 Å². The smallest absolute Gasteiger partial charge is 0.186 e. The molecule has 0 spiro atoms. The van der Waals surface area contributed by atoms with Crippen LogP contribution in [0.5, 0.6) is 0 Å². The molecule has 1 rings (SSSR count). The Labute approximate surface area is 88.5 Å². The average Bonchev–Trinajstić information content (AvgIpc) is 2.08. The molecule has 0 radical (unpaired) electrons. The zero-order valence-electron chi connectivity index (χ0n) is 8.90. The quantitative estimate of drug-likeness (QED) is 0.546. The van der Waals surface area contributed by atoms with Crippen molar-refractivity contribution in [3.63, 3.8) is 0 Å². The average molecular weight is 213 g/mol. The van der Waals surface area contributed by atoms with Gasteiger partial charge >= 0.3 is 0 Å². The molecule has 84 valence electrons. The van der Waals surface area contributed by atoms with Gasteiger partial charge in [0.05, 0.1) is 12.1 Å². The SMILES string of the molecule is CC(C)OC1=C(F)CC(N=C(N)N)C=C1. The second-order valence-corrected chi connectivity index (χ2v) is 3.62. The van der Waals surface area contributed by atoms with Crippen molar-refractivity contribution in [2.75, 3.05) is 0 Å². The van der Waals surface area contributed by atoms with Crippen LogP contribution in [0.15, 0.2) is 28.7 Å². The lowest BCUT2D eigenvalue weighted by atomic mass is 10.1. The maximum Gasteiger partial charge on any atom is 0.186 e. The van der Waals surface area contributed by atoms with Gasteiger partial charge in [0.25, 0.3) is 0 Å². The van der Waals surface area contributed by atoms with Crippen LogP contribution in [0.1, 0.15) is 20.3 Å². The number of hydrogen-bond donors (Lipinski definition) is 2. The molecule has 0 amide bonds. The molecule has 1 aliphatic carbocycles. The highest BCUT2D eigenvalue weighted by Crippen LogP contribution is 2.23. The van der Waals surface area contributed by atoms with Crippen LogP contribution in [0, 0.1) is 0 Å². The van der Waals surface area contributed by atoms with Crippen molar-refractivity contribution in [1.29, 1.82) is 0 Å². The molecule has 4 nitrogen and oxygen atoms in total. The predicted octanol–water partition coefficient (Wildman–Crippen LogP) is 1.19. The van der Waals surface area contributed by atoms with Crippen molar-refractivity contribution in [2.45, 2.75) is 32.4 Å². The van der Waals surface area contributed by atoms with Crippen molar-refractivity contribution in [1.82, 2.24) is 0 Å². The number of aliphatic imine (C=N–C) groups is 1. The van der Waals surface area contributed by atoms with E-state index in [1.54, 1.807) is 12.2 Å². The van der Waals surface area contributed by atoms with E-state index in [4.69, 9.17) is 16.2 Å². The van der Waals surface area contributed by atoms with Crippen LogP contribution < -0.4 is 11.5 Å². The fourth-order valence-corrected chi connectivity index (χ4v) is 1.28. The Morgan fingerprint density at radius 3 is 2.73 bits per heavy atom. The molecule has 0 aromatic rings. The third-order valence-electron chi connectivity index (χ3n) is 1.80. The second kappa shape index (κ2) is 4.82. The molecule has 0 bridgehead atoms. The van der Waals surface area contributed by atoms with E-state index < -0.39 is 0 Å². The molecule has 0 aromatic carbocycles. The van der Waals surface area contributed by atoms with Gasteiger partial charge in [-0.1, -0.05) is 6.08 Å². The summed E-state index contributed by atoms with van der Waals surface area (Å²) in [5, 5.41) is 0. The van der Waals surface area contributed by atoms with Gasteiger partial charge in [-0.2, -0.15) is 0 Å². The number of nitrogens with two attached hydrogens (primary N) is 2.